The van der Waals surface area contributed by atoms with E-state index in [-0.39, 0.29) is 6.10 Å². The van der Waals surface area contributed by atoms with Crippen LogP contribution in [0.15, 0.2) is 0 Å². The summed E-state index contributed by atoms with van der Waals surface area (Å²) in [5, 5.41) is 12.3. The molecule has 4 heteroatoms. The van der Waals surface area contributed by atoms with Gasteiger partial charge in [0.2, 0.25) is 0 Å². The molecule has 0 heterocycles. The number of likely N-dealkylation sites (N-methyl/N-ethyl adjacent to an activating group) is 1. The van der Waals surface area contributed by atoms with Crippen LogP contribution in [0, 0.1) is 0 Å². The Bertz CT molecular complexity index is 87.8. The third-order valence-corrected chi connectivity index (χ3v) is 1.28. The van der Waals surface area contributed by atoms with Crippen LogP contribution in [0.2, 0.25) is 0 Å². The second kappa shape index (κ2) is 6.54. The molecule has 4 N–H and O–H groups in total. The van der Waals surface area contributed by atoms with E-state index in [0.29, 0.717) is 19.6 Å². The van der Waals surface area contributed by atoms with Crippen LogP contribution < -0.4 is 11.1 Å². The van der Waals surface area contributed by atoms with Crippen molar-refractivity contribution in [3.63, 3.8) is 0 Å². The lowest BCUT2D eigenvalue weighted by atomic mass is 10.3. The van der Waals surface area contributed by atoms with E-state index in [1.165, 1.54) is 0 Å². The largest absolute Gasteiger partial charge is 0.390 e. The number of aliphatic hydroxyl groups is 1. The summed E-state index contributed by atoms with van der Waals surface area (Å²) in [6.07, 6.45) is -0.295. The first-order valence-electron chi connectivity index (χ1n) is 3.90. The minimum absolute atomic E-state index is 0.295. The Morgan fingerprint density at radius 1 is 1.55 bits per heavy atom. The average molecular weight is 161 g/mol. The third-order valence-electron chi connectivity index (χ3n) is 1.28. The van der Waals surface area contributed by atoms with Gasteiger partial charge in [-0.3, -0.25) is 0 Å². The van der Waals surface area contributed by atoms with Crippen molar-refractivity contribution in [2.24, 2.45) is 5.73 Å². The molecule has 0 amide bonds. The minimum atomic E-state index is -0.295. The molecule has 0 aromatic rings. The SMILES string of the molecule is CN(C)CC(O)CNCCN. The molecule has 0 aromatic carbocycles. The molecule has 1 unspecified atom stereocenters. The number of hydrogen-bond donors (Lipinski definition) is 3. The molecule has 68 valence electrons. The zero-order valence-electron chi connectivity index (χ0n) is 7.38. The summed E-state index contributed by atoms with van der Waals surface area (Å²) < 4.78 is 0. The molecular weight excluding hydrogens is 142 g/mol. The van der Waals surface area contributed by atoms with Crippen LogP contribution in [0.4, 0.5) is 0 Å². The van der Waals surface area contributed by atoms with Gasteiger partial charge in [0.1, 0.15) is 0 Å². The Kier molecular flexibility index (Phi) is 6.45. The molecule has 0 aromatic heterocycles. The summed E-state index contributed by atoms with van der Waals surface area (Å²) in [7, 11) is 3.87. The van der Waals surface area contributed by atoms with Crippen LogP contribution in [0.3, 0.4) is 0 Å². The van der Waals surface area contributed by atoms with Gasteiger partial charge >= 0.3 is 0 Å². The van der Waals surface area contributed by atoms with E-state index in [1.54, 1.807) is 0 Å². The van der Waals surface area contributed by atoms with Crippen LogP contribution >= 0.6 is 0 Å². The van der Waals surface area contributed by atoms with Gasteiger partial charge in [0, 0.05) is 26.2 Å². The number of nitrogens with one attached hydrogen (secondary N) is 1. The van der Waals surface area contributed by atoms with Gasteiger partial charge in [-0.05, 0) is 14.1 Å². The average Bonchev–Trinajstić information content (AvgIpc) is 1.86. The zero-order valence-corrected chi connectivity index (χ0v) is 7.38. The lowest BCUT2D eigenvalue weighted by Gasteiger charge is -2.15. The van der Waals surface area contributed by atoms with Crippen molar-refractivity contribution in [1.82, 2.24) is 10.2 Å². The van der Waals surface area contributed by atoms with Gasteiger partial charge < -0.3 is 21.1 Å². The van der Waals surface area contributed by atoms with E-state index in [4.69, 9.17) is 5.73 Å². The fourth-order valence-electron chi connectivity index (χ4n) is 0.857. The Morgan fingerprint density at radius 2 is 2.18 bits per heavy atom. The third kappa shape index (κ3) is 7.74. The smallest absolute Gasteiger partial charge is 0.0791 e. The predicted octanol–water partition coefficient (Wildman–Crippen LogP) is -1.54. The van der Waals surface area contributed by atoms with Crippen molar-refractivity contribution in [2.45, 2.75) is 6.10 Å². The summed E-state index contributed by atoms with van der Waals surface area (Å²) in [6, 6.07) is 0. The summed E-state index contributed by atoms with van der Waals surface area (Å²) in [6.45, 7) is 2.70. The molecule has 0 aliphatic carbocycles. The zero-order chi connectivity index (χ0) is 8.69. The summed E-state index contributed by atoms with van der Waals surface area (Å²) in [5.74, 6) is 0. The molecule has 0 rings (SSSR count). The second-order valence-electron chi connectivity index (χ2n) is 2.91. The van der Waals surface area contributed by atoms with Crippen molar-refractivity contribution >= 4 is 0 Å². The predicted molar refractivity (Wildman–Crippen MR) is 46.5 cm³/mol. The summed E-state index contributed by atoms with van der Waals surface area (Å²) in [4.78, 5) is 1.95. The quantitative estimate of drug-likeness (QED) is 0.413. The van der Waals surface area contributed by atoms with Crippen molar-refractivity contribution in [2.75, 3.05) is 40.3 Å². The van der Waals surface area contributed by atoms with Gasteiger partial charge in [0.25, 0.3) is 0 Å². The first-order chi connectivity index (χ1) is 5.16. The maximum atomic E-state index is 9.30. The lowest BCUT2D eigenvalue weighted by Crippen LogP contribution is -2.36. The maximum absolute atomic E-state index is 9.30. The van der Waals surface area contributed by atoms with Gasteiger partial charge in [-0.1, -0.05) is 0 Å². The minimum Gasteiger partial charge on any atom is -0.390 e. The molecule has 11 heavy (non-hydrogen) atoms. The summed E-state index contributed by atoms with van der Waals surface area (Å²) >= 11 is 0. The molecule has 0 aliphatic heterocycles. The monoisotopic (exact) mass is 161 g/mol. The van der Waals surface area contributed by atoms with Crippen LogP contribution in [-0.2, 0) is 0 Å². The van der Waals surface area contributed by atoms with Gasteiger partial charge in [0.15, 0.2) is 0 Å². The van der Waals surface area contributed by atoms with Gasteiger partial charge in [0.05, 0.1) is 6.10 Å². The van der Waals surface area contributed by atoms with Crippen LogP contribution in [0.1, 0.15) is 0 Å². The van der Waals surface area contributed by atoms with E-state index in [9.17, 15) is 5.11 Å². The highest BCUT2D eigenvalue weighted by molar-refractivity contribution is 4.61. The number of nitrogens with two attached hydrogens (primary N) is 1. The fraction of sp³-hybridized carbons (Fsp3) is 1.00. The Morgan fingerprint density at radius 3 is 2.64 bits per heavy atom. The van der Waals surface area contributed by atoms with Crippen molar-refractivity contribution in [3.05, 3.63) is 0 Å². The Balaban J connectivity index is 3.15. The lowest BCUT2D eigenvalue weighted by molar-refractivity contribution is 0.135. The van der Waals surface area contributed by atoms with Crippen molar-refractivity contribution in [3.8, 4) is 0 Å². The van der Waals surface area contributed by atoms with Crippen LogP contribution in [0.25, 0.3) is 0 Å². The van der Waals surface area contributed by atoms with E-state index in [1.807, 2.05) is 19.0 Å². The van der Waals surface area contributed by atoms with Crippen molar-refractivity contribution < 1.29 is 5.11 Å². The first-order valence-corrected chi connectivity index (χ1v) is 3.90. The summed E-state index contributed by atoms with van der Waals surface area (Å²) in [5.41, 5.74) is 5.26. The molecule has 1 atom stereocenters. The molecule has 0 saturated heterocycles. The highest BCUT2D eigenvalue weighted by atomic mass is 16.3. The highest BCUT2D eigenvalue weighted by Gasteiger charge is 2.03. The van der Waals surface area contributed by atoms with Crippen LogP contribution in [0.5, 0.6) is 0 Å². The molecule has 0 spiro atoms. The molecule has 0 saturated carbocycles. The van der Waals surface area contributed by atoms with Crippen molar-refractivity contribution in [1.29, 1.82) is 0 Å². The molecular formula is C7H19N3O. The van der Waals surface area contributed by atoms with E-state index >= 15 is 0 Å². The highest BCUT2D eigenvalue weighted by Crippen LogP contribution is 1.82. The van der Waals surface area contributed by atoms with Gasteiger partial charge in [-0.25, -0.2) is 0 Å². The Labute approximate surface area is 68.4 Å². The normalized spacial score (nSPS) is 13.9. The van der Waals surface area contributed by atoms with Crippen LogP contribution in [-0.4, -0.2) is 56.4 Å². The van der Waals surface area contributed by atoms with Gasteiger partial charge in [-0.15, -0.1) is 0 Å². The number of rotatable bonds is 6. The van der Waals surface area contributed by atoms with E-state index in [2.05, 4.69) is 5.32 Å². The standard InChI is InChI=1S/C7H19N3O/c1-10(2)6-7(11)5-9-4-3-8/h7,9,11H,3-6,8H2,1-2H3. The first kappa shape index (κ1) is 10.8. The maximum Gasteiger partial charge on any atom is 0.0791 e. The fourth-order valence-corrected chi connectivity index (χ4v) is 0.857. The number of hydrogen-bond acceptors (Lipinski definition) is 4. The molecule has 4 nitrogen and oxygen atoms in total. The molecule has 0 bridgehead atoms. The molecule has 0 fully saturated rings. The number of aliphatic hydroxyl groups excluding tert-OH is 1. The molecule has 0 radical (unpaired) electrons. The Hall–Kier alpha value is -0.160. The topological polar surface area (TPSA) is 61.5 Å². The molecule has 0 aliphatic rings. The second-order valence-corrected chi connectivity index (χ2v) is 2.91. The van der Waals surface area contributed by atoms with E-state index < -0.39 is 0 Å². The van der Waals surface area contributed by atoms with E-state index in [0.717, 1.165) is 6.54 Å². The van der Waals surface area contributed by atoms with Gasteiger partial charge in [-0.2, -0.15) is 0 Å². The number of nitrogens with zero attached hydrogens (tertiary/aromatic N) is 1.